The molecular formula is C12H20NO+. The SMILES string of the molecule is C1=C[C@@H]2C[C@H]1C[C@H]2C[NH+]1CCOCC1. The van der Waals surface area contributed by atoms with Gasteiger partial charge in [-0.05, 0) is 24.7 Å². The van der Waals surface area contributed by atoms with Crippen molar-refractivity contribution >= 4 is 0 Å². The van der Waals surface area contributed by atoms with E-state index in [4.69, 9.17) is 4.74 Å². The van der Waals surface area contributed by atoms with E-state index in [1.54, 1.807) is 4.90 Å². The summed E-state index contributed by atoms with van der Waals surface area (Å²) >= 11 is 0. The molecule has 2 heteroatoms. The largest absolute Gasteiger partial charge is 0.370 e. The predicted octanol–water partition coefficient (Wildman–Crippen LogP) is 0.114. The van der Waals surface area contributed by atoms with Crippen LogP contribution in [0.2, 0.25) is 0 Å². The van der Waals surface area contributed by atoms with E-state index in [1.807, 2.05) is 0 Å². The van der Waals surface area contributed by atoms with E-state index >= 15 is 0 Å². The van der Waals surface area contributed by atoms with Crippen molar-refractivity contribution in [1.29, 1.82) is 0 Å². The van der Waals surface area contributed by atoms with Gasteiger partial charge in [0.15, 0.2) is 0 Å². The summed E-state index contributed by atoms with van der Waals surface area (Å²) in [6.45, 7) is 5.82. The molecule has 1 saturated carbocycles. The summed E-state index contributed by atoms with van der Waals surface area (Å²) < 4.78 is 5.39. The zero-order chi connectivity index (χ0) is 9.38. The Kier molecular flexibility index (Phi) is 2.34. The fourth-order valence-corrected chi connectivity index (χ4v) is 3.36. The van der Waals surface area contributed by atoms with Crippen LogP contribution < -0.4 is 4.90 Å². The van der Waals surface area contributed by atoms with Crippen LogP contribution in [-0.4, -0.2) is 32.8 Å². The molecule has 3 rings (SSSR count). The Hall–Kier alpha value is -0.340. The summed E-state index contributed by atoms with van der Waals surface area (Å²) in [6, 6.07) is 0. The second-order valence-corrected chi connectivity index (χ2v) is 5.11. The highest BCUT2D eigenvalue weighted by Crippen LogP contribution is 2.42. The average molecular weight is 194 g/mol. The van der Waals surface area contributed by atoms with Gasteiger partial charge in [-0.25, -0.2) is 0 Å². The van der Waals surface area contributed by atoms with Crippen molar-refractivity contribution in [3.05, 3.63) is 12.2 Å². The maximum Gasteiger partial charge on any atom is 0.101 e. The van der Waals surface area contributed by atoms with Crippen LogP contribution in [0, 0.1) is 17.8 Å². The van der Waals surface area contributed by atoms with Crippen LogP contribution >= 0.6 is 0 Å². The summed E-state index contributed by atoms with van der Waals surface area (Å²) in [6.07, 6.45) is 7.83. The lowest BCUT2D eigenvalue weighted by Gasteiger charge is -2.28. The van der Waals surface area contributed by atoms with E-state index in [2.05, 4.69) is 12.2 Å². The third kappa shape index (κ3) is 1.61. The lowest BCUT2D eigenvalue weighted by Crippen LogP contribution is -3.14. The Morgan fingerprint density at radius 3 is 2.64 bits per heavy atom. The van der Waals surface area contributed by atoms with E-state index < -0.39 is 0 Å². The first kappa shape index (κ1) is 8.93. The Morgan fingerprint density at radius 2 is 2.00 bits per heavy atom. The smallest absolute Gasteiger partial charge is 0.101 e. The second kappa shape index (κ2) is 3.67. The van der Waals surface area contributed by atoms with Gasteiger partial charge in [0, 0.05) is 5.92 Å². The molecular weight excluding hydrogens is 174 g/mol. The normalized spacial score (nSPS) is 42.1. The molecule has 78 valence electrons. The lowest BCUT2D eigenvalue weighted by atomic mass is 9.93. The molecule has 2 fully saturated rings. The minimum absolute atomic E-state index is 0.926. The third-order valence-corrected chi connectivity index (χ3v) is 4.17. The van der Waals surface area contributed by atoms with Gasteiger partial charge in [-0.15, -0.1) is 0 Å². The number of quaternary nitrogens is 1. The van der Waals surface area contributed by atoms with Gasteiger partial charge in [-0.3, -0.25) is 0 Å². The van der Waals surface area contributed by atoms with Gasteiger partial charge in [-0.2, -0.15) is 0 Å². The zero-order valence-corrected chi connectivity index (χ0v) is 8.74. The molecule has 1 heterocycles. The Labute approximate surface area is 85.9 Å². The topological polar surface area (TPSA) is 13.7 Å². The summed E-state index contributed by atoms with van der Waals surface area (Å²) in [4.78, 5) is 1.78. The van der Waals surface area contributed by atoms with Crippen molar-refractivity contribution in [3.63, 3.8) is 0 Å². The average Bonchev–Trinajstić information content (AvgIpc) is 2.81. The number of hydrogen-bond acceptors (Lipinski definition) is 1. The van der Waals surface area contributed by atoms with Crippen molar-refractivity contribution in [2.24, 2.45) is 17.8 Å². The van der Waals surface area contributed by atoms with Crippen molar-refractivity contribution in [2.75, 3.05) is 32.8 Å². The van der Waals surface area contributed by atoms with Crippen LogP contribution in [0.25, 0.3) is 0 Å². The molecule has 1 N–H and O–H groups in total. The number of allylic oxidation sites excluding steroid dienone is 2. The van der Waals surface area contributed by atoms with Crippen LogP contribution in [0.3, 0.4) is 0 Å². The lowest BCUT2D eigenvalue weighted by molar-refractivity contribution is -0.911. The van der Waals surface area contributed by atoms with Crippen molar-refractivity contribution in [3.8, 4) is 0 Å². The zero-order valence-electron chi connectivity index (χ0n) is 8.74. The number of nitrogens with one attached hydrogen (secondary N) is 1. The maximum atomic E-state index is 5.39. The van der Waals surface area contributed by atoms with E-state index in [9.17, 15) is 0 Å². The number of ether oxygens (including phenoxy) is 1. The highest BCUT2D eigenvalue weighted by Gasteiger charge is 2.37. The molecule has 2 nitrogen and oxygen atoms in total. The van der Waals surface area contributed by atoms with E-state index in [0.717, 1.165) is 31.0 Å². The van der Waals surface area contributed by atoms with Gasteiger partial charge in [0.2, 0.25) is 0 Å². The van der Waals surface area contributed by atoms with Crippen LogP contribution in [-0.2, 0) is 4.74 Å². The van der Waals surface area contributed by atoms with Crippen LogP contribution in [0.15, 0.2) is 12.2 Å². The predicted molar refractivity (Wildman–Crippen MR) is 55.2 cm³/mol. The summed E-state index contributed by atoms with van der Waals surface area (Å²) in [5.74, 6) is 2.85. The van der Waals surface area contributed by atoms with Gasteiger partial charge in [0.05, 0.1) is 19.8 Å². The Morgan fingerprint density at radius 1 is 1.14 bits per heavy atom. The highest BCUT2D eigenvalue weighted by atomic mass is 16.5. The molecule has 1 aliphatic heterocycles. The molecule has 0 aromatic rings. The highest BCUT2D eigenvalue weighted by molar-refractivity contribution is 5.09. The minimum atomic E-state index is 0.926. The molecule has 2 aliphatic carbocycles. The Balaban J connectivity index is 1.54. The quantitative estimate of drug-likeness (QED) is 0.616. The molecule has 0 radical (unpaired) electrons. The van der Waals surface area contributed by atoms with Gasteiger partial charge in [0.25, 0.3) is 0 Å². The van der Waals surface area contributed by atoms with E-state index in [-0.39, 0.29) is 0 Å². The molecule has 2 bridgehead atoms. The van der Waals surface area contributed by atoms with Crippen molar-refractivity contribution in [1.82, 2.24) is 0 Å². The summed E-state index contributed by atoms with van der Waals surface area (Å²) in [7, 11) is 0. The molecule has 3 aliphatic rings. The third-order valence-electron chi connectivity index (χ3n) is 4.17. The number of hydrogen-bond donors (Lipinski definition) is 1. The Bertz CT molecular complexity index is 232. The second-order valence-electron chi connectivity index (χ2n) is 5.11. The maximum absolute atomic E-state index is 5.39. The summed E-state index contributed by atoms with van der Waals surface area (Å²) in [5.41, 5.74) is 0. The summed E-state index contributed by atoms with van der Waals surface area (Å²) in [5, 5.41) is 0. The first-order valence-corrected chi connectivity index (χ1v) is 6.01. The fraction of sp³-hybridized carbons (Fsp3) is 0.833. The van der Waals surface area contributed by atoms with Crippen molar-refractivity contribution in [2.45, 2.75) is 12.8 Å². The molecule has 0 spiro atoms. The monoisotopic (exact) mass is 194 g/mol. The number of morpholine rings is 1. The standard InChI is InChI=1S/C12H19NO/c1-2-11-7-10(1)8-12(11)9-13-3-5-14-6-4-13/h1-2,10-12H,3-9H2/p+1/t10-,11+,12-/m0/s1. The van der Waals surface area contributed by atoms with Gasteiger partial charge >= 0.3 is 0 Å². The van der Waals surface area contributed by atoms with E-state index in [1.165, 1.54) is 32.5 Å². The van der Waals surface area contributed by atoms with Gasteiger partial charge in [0.1, 0.15) is 13.1 Å². The molecule has 1 saturated heterocycles. The first-order chi connectivity index (χ1) is 6.92. The number of fused-ring (bicyclic) bond motifs is 2. The van der Waals surface area contributed by atoms with E-state index in [0.29, 0.717) is 0 Å². The van der Waals surface area contributed by atoms with Crippen LogP contribution in [0.4, 0.5) is 0 Å². The minimum Gasteiger partial charge on any atom is -0.370 e. The first-order valence-electron chi connectivity index (χ1n) is 6.01. The van der Waals surface area contributed by atoms with Crippen LogP contribution in [0.5, 0.6) is 0 Å². The van der Waals surface area contributed by atoms with Gasteiger partial charge < -0.3 is 9.64 Å². The fourth-order valence-electron chi connectivity index (χ4n) is 3.36. The molecule has 3 atom stereocenters. The molecule has 0 aromatic carbocycles. The van der Waals surface area contributed by atoms with Crippen LogP contribution in [0.1, 0.15) is 12.8 Å². The van der Waals surface area contributed by atoms with Crippen molar-refractivity contribution < 1.29 is 9.64 Å². The molecule has 14 heavy (non-hydrogen) atoms. The number of rotatable bonds is 2. The molecule has 0 unspecified atom stereocenters. The van der Waals surface area contributed by atoms with Gasteiger partial charge in [-0.1, -0.05) is 12.2 Å². The molecule has 0 aromatic heterocycles. The molecule has 0 amide bonds.